The molecule has 0 radical (unpaired) electrons. The predicted octanol–water partition coefficient (Wildman–Crippen LogP) is 3.53. The third-order valence-corrected chi connectivity index (χ3v) is 3.26. The molecular formula is C13H16ClNO. The molecule has 0 fully saturated rings. The Morgan fingerprint density at radius 1 is 1.44 bits per heavy atom. The van der Waals surface area contributed by atoms with Crippen molar-refractivity contribution in [2.45, 2.75) is 20.3 Å². The molecule has 0 saturated heterocycles. The van der Waals surface area contributed by atoms with E-state index in [0.717, 1.165) is 33.7 Å². The average Bonchev–Trinajstić information content (AvgIpc) is 2.64. The summed E-state index contributed by atoms with van der Waals surface area (Å²) in [7, 11) is 0. The minimum atomic E-state index is 0.447. The molecule has 1 aromatic heterocycles. The molecule has 0 aliphatic carbocycles. The van der Waals surface area contributed by atoms with Gasteiger partial charge in [0.15, 0.2) is 0 Å². The quantitative estimate of drug-likeness (QED) is 0.887. The Bertz CT molecular complexity index is 504. The van der Waals surface area contributed by atoms with Gasteiger partial charge in [-0.2, -0.15) is 0 Å². The average molecular weight is 238 g/mol. The SMILES string of the molecule is Cc1cc2c(Cl)c(CC(C)CN)ccc2o1. The van der Waals surface area contributed by atoms with Crippen LogP contribution in [-0.4, -0.2) is 6.54 Å². The Morgan fingerprint density at radius 2 is 2.19 bits per heavy atom. The number of furan rings is 1. The number of halogens is 1. The van der Waals surface area contributed by atoms with Crippen LogP contribution in [0.3, 0.4) is 0 Å². The van der Waals surface area contributed by atoms with Gasteiger partial charge in [-0.25, -0.2) is 0 Å². The fraction of sp³-hybridized carbons (Fsp3) is 0.385. The highest BCUT2D eigenvalue weighted by molar-refractivity contribution is 6.36. The van der Waals surface area contributed by atoms with Crippen LogP contribution in [0.25, 0.3) is 11.0 Å². The van der Waals surface area contributed by atoms with Gasteiger partial charge in [-0.3, -0.25) is 0 Å². The lowest BCUT2D eigenvalue weighted by molar-refractivity contribution is 0.577. The first-order valence-electron chi connectivity index (χ1n) is 5.49. The van der Waals surface area contributed by atoms with Crippen LogP contribution in [0.15, 0.2) is 22.6 Å². The van der Waals surface area contributed by atoms with E-state index in [2.05, 4.69) is 6.92 Å². The van der Waals surface area contributed by atoms with Gasteiger partial charge in [-0.1, -0.05) is 24.6 Å². The minimum Gasteiger partial charge on any atom is -0.461 e. The summed E-state index contributed by atoms with van der Waals surface area (Å²) in [5.74, 6) is 1.34. The molecule has 0 aliphatic rings. The third-order valence-electron chi connectivity index (χ3n) is 2.81. The van der Waals surface area contributed by atoms with E-state index in [1.165, 1.54) is 0 Å². The fourth-order valence-corrected chi connectivity index (χ4v) is 2.15. The zero-order chi connectivity index (χ0) is 11.7. The van der Waals surface area contributed by atoms with Gasteiger partial charge in [0.05, 0.1) is 5.02 Å². The number of rotatable bonds is 3. The number of fused-ring (bicyclic) bond motifs is 1. The van der Waals surface area contributed by atoms with E-state index in [4.69, 9.17) is 21.8 Å². The zero-order valence-corrected chi connectivity index (χ0v) is 10.3. The van der Waals surface area contributed by atoms with E-state index in [9.17, 15) is 0 Å². The molecule has 1 unspecified atom stereocenters. The lowest BCUT2D eigenvalue weighted by atomic mass is 10.0. The number of hydrogen-bond donors (Lipinski definition) is 1. The second-order valence-electron chi connectivity index (χ2n) is 4.35. The molecule has 86 valence electrons. The first kappa shape index (κ1) is 11.5. The summed E-state index contributed by atoms with van der Waals surface area (Å²) in [6.45, 7) is 4.73. The molecule has 0 amide bonds. The molecule has 1 atom stereocenters. The van der Waals surface area contributed by atoms with Crippen molar-refractivity contribution in [2.75, 3.05) is 6.54 Å². The molecule has 2 nitrogen and oxygen atoms in total. The van der Waals surface area contributed by atoms with Crippen LogP contribution >= 0.6 is 11.6 Å². The van der Waals surface area contributed by atoms with E-state index in [-0.39, 0.29) is 0 Å². The van der Waals surface area contributed by atoms with Crippen LogP contribution in [-0.2, 0) is 6.42 Å². The van der Waals surface area contributed by atoms with Crippen LogP contribution in [0.1, 0.15) is 18.2 Å². The molecule has 2 N–H and O–H groups in total. The standard InChI is InChI=1S/C13H16ClNO/c1-8(7-15)5-10-3-4-12-11(13(10)14)6-9(2)16-12/h3-4,6,8H,5,7,15H2,1-2H3. The number of aryl methyl sites for hydroxylation is 1. The summed E-state index contributed by atoms with van der Waals surface area (Å²) >= 11 is 6.36. The molecule has 2 aromatic rings. The molecule has 3 heteroatoms. The van der Waals surface area contributed by atoms with Gasteiger partial charge < -0.3 is 10.2 Å². The van der Waals surface area contributed by atoms with Crippen molar-refractivity contribution in [3.63, 3.8) is 0 Å². The maximum atomic E-state index is 6.36. The van der Waals surface area contributed by atoms with Gasteiger partial charge in [-0.05, 0) is 43.5 Å². The Hall–Kier alpha value is -0.990. The molecule has 16 heavy (non-hydrogen) atoms. The highest BCUT2D eigenvalue weighted by Crippen LogP contribution is 2.30. The van der Waals surface area contributed by atoms with Crippen molar-refractivity contribution in [1.82, 2.24) is 0 Å². The normalized spacial score (nSPS) is 13.2. The van der Waals surface area contributed by atoms with Crippen LogP contribution in [0, 0.1) is 12.8 Å². The smallest absolute Gasteiger partial charge is 0.135 e. The van der Waals surface area contributed by atoms with Crippen LogP contribution in [0.4, 0.5) is 0 Å². The highest BCUT2D eigenvalue weighted by atomic mass is 35.5. The first-order valence-corrected chi connectivity index (χ1v) is 5.87. The highest BCUT2D eigenvalue weighted by Gasteiger charge is 2.11. The number of benzene rings is 1. The Balaban J connectivity index is 2.43. The van der Waals surface area contributed by atoms with Crippen molar-refractivity contribution in [3.05, 3.63) is 34.5 Å². The van der Waals surface area contributed by atoms with Crippen molar-refractivity contribution in [1.29, 1.82) is 0 Å². The van der Waals surface area contributed by atoms with Gasteiger partial charge in [0, 0.05) is 5.39 Å². The summed E-state index contributed by atoms with van der Waals surface area (Å²) < 4.78 is 5.53. The van der Waals surface area contributed by atoms with E-state index in [1.807, 2.05) is 25.1 Å². The van der Waals surface area contributed by atoms with Crippen LogP contribution in [0.2, 0.25) is 5.02 Å². The molecule has 2 rings (SSSR count). The summed E-state index contributed by atoms with van der Waals surface area (Å²) in [6.07, 6.45) is 0.912. The minimum absolute atomic E-state index is 0.447. The molecule has 1 heterocycles. The van der Waals surface area contributed by atoms with Crippen molar-refractivity contribution < 1.29 is 4.42 Å². The number of hydrogen-bond acceptors (Lipinski definition) is 2. The van der Waals surface area contributed by atoms with Crippen molar-refractivity contribution in [3.8, 4) is 0 Å². The summed E-state index contributed by atoms with van der Waals surface area (Å²) in [5.41, 5.74) is 7.62. The van der Waals surface area contributed by atoms with Gasteiger partial charge in [-0.15, -0.1) is 0 Å². The van der Waals surface area contributed by atoms with Crippen LogP contribution < -0.4 is 5.73 Å². The Morgan fingerprint density at radius 3 is 2.88 bits per heavy atom. The summed E-state index contributed by atoms with van der Waals surface area (Å²) in [4.78, 5) is 0. The van der Waals surface area contributed by atoms with E-state index in [1.54, 1.807) is 0 Å². The lowest BCUT2D eigenvalue weighted by Crippen LogP contribution is -2.13. The van der Waals surface area contributed by atoms with Gasteiger partial charge in [0.1, 0.15) is 11.3 Å². The third kappa shape index (κ3) is 2.08. The topological polar surface area (TPSA) is 39.2 Å². The zero-order valence-electron chi connectivity index (χ0n) is 9.59. The largest absolute Gasteiger partial charge is 0.461 e. The van der Waals surface area contributed by atoms with Crippen molar-refractivity contribution >= 4 is 22.6 Å². The molecule has 0 aliphatic heterocycles. The van der Waals surface area contributed by atoms with E-state index in [0.29, 0.717) is 12.5 Å². The molecule has 0 bridgehead atoms. The van der Waals surface area contributed by atoms with Crippen molar-refractivity contribution in [2.24, 2.45) is 11.7 Å². The number of nitrogens with two attached hydrogens (primary N) is 1. The van der Waals surface area contributed by atoms with Gasteiger partial charge in [0.2, 0.25) is 0 Å². The summed E-state index contributed by atoms with van der Waals surface area (Å²) in [6, 6.07) is 5.99. The fourth-order valence-electron chi connectivity index (χ4n) is 1.87. The van der Waals surface area contributed by atoms with E-state index >= 15 is 0 Å². The monoisotopic (exact) mass is 237 g/mol. The molecule has 0 saturated carbocycles. The lowest BCUT2D eigenvalue weighted by Gasteiger charge is -2.10. The molecule has 0 spiro atoms. The summed E-state index contributed by atoms with van der Waals surface area (Å²) in [5, 5.41) is 1.80. The second kappa shape index (κ2) is 4.48. The first-order chi connectivity index (χ1) is 7.61. The maximum Gasteiger partial charge on any atom is 0.135 e. The Labute approximate surface area is 100 Å². The van der Waals surface area contributed by atoms with Gasteiger partial charge in [0.25, 0.3) is 0 Å². The molecular weight excluding hydrogens is 222 g/mol. The van der Waals surface area contributed by atoms with E-state index < -0.39 is 0 Å². The second-order valence-corrected chi connectivity index (χ2v) is 4.73. The maximum absolute atomic E-state index is 6.36. The Kier molecular flexibility index (Phi) is 3.22. The molecule has 1 aromatic carbocycles. The predicted molar refractivity (Wildman–Crippen MR) is 67.9 cm³/mol. The van der Waals surface area contributed by atoms with Gasteiger partial charge >= 0.3 is 0 Å². The van der Waals surface area contributed by atoms with Crippen LogP contribution in [0.5, 0.6) is 0 Å².